The van der Waals surface area contributed by atoms with Crippen molar-refractivity contribution >= 4 is 28.7 Å². The fraction of sp³-hybridized carbons (Fsp3) is 0.278. The van der Waals surface area contributed by atoms with E-state index < -0.39 is 0 Å². The smallest absolute Gasteiger partial charge is 0.175 e. The zero-order valence-corrected chi connectivity index (χ0v) is 14.3. The fourth-order valence-corrected chi connectivity index (χ4v) is 2.46. The number of ether oxygens (including phenoxy) is 1. The van der Waals surface area contributed by atoms with Gasteiger partial charge in [0, 0.05) is 17.4 Å². The fourth-order valence-electron chi connectivity index (χ4n) is 2.23. The summed E-state index contributed by atoms with van der Waals surface area (Å²) in [6, 6.07) is 15.9. The summed E-state index contributed by atoms with van der Waals surface area (Å²) in [5.74, 6) is 0.794. The molecule has 0 aliphatic heterocycles. The Bertz CT molecular complexity index is 662. The molecular weight excluding hydrogens is 292 g/mol. The maximum absolute atomic E-state index is 5.42. The summed E-state index contributed by atoms with van der Waals surface area (Å²) in [6.45, 7) is 6.56. The Morgan fingerprint density at radius 3 is 2.41 bits per heavy atom. The molecule has 0 aliphatic rings. The molecule has 0 amide bonds. The summed E-state index contributed by atoms with van der Waals surface area (Å²) in [5, 5.41) is 7.03. The van der Waals surface area contributed by atoms with Crippen LogP contribution in [0.15, 0.2) is 48.5 Å². The van der Waals surface area contributed by atoms with E-state index in [0.29, 0.717) is 5.11 Å². The second-order valence-corrected chi connectivity index (χ2v) is 6.51. The number of hydrogen-bond acceptors (Lipinski definition) is 2. The van der Waals surface area contributed by atoms with E-state index in [-0.39, 0.29) is 5.41 Å². The molecule has 2 aromatic rings. The SMILES string of the molecule is COc1cccc(NC(=S)Nc2ccccc2C(C)(C)C)c1. The summed E-state index contributed by atoms with van der Waals surface area (Å²) in [7, 11) is 1.65. The third-order valence-electron chi connectivity index (χ3n) is 3.31. The maximum Gasteiger partial charge on any atom is 0.175 e. The quantitative estimate of drug-likeness (QED) is 0.797. The predicted octanol–water partition coefficient (Wildman–Crippen LogP) is 4.80. The first kappa shape index (κ1) is 16.3. The lowest BCUT2D eigenvalue weighted by Crippen LogP contribution is -2.22. The van der Waals surface area contributed by atoms with Crippen LogP contribution >= 0.6 is 12.2 Å². The van der Waals surface area contributed by atoms with Crippen molar-refractivity contribution in [2.45, 2.75) is 26.2 Å². The van der Waals surface area contributed by atoms with Gasteiger partial charge < -0.3 is 15.4 Å². The highest BCUT2D eigenvalue weighted by Gasteiger charge is 2.17. The van der Waals surface area contributed by atoms with Gasteiger partial charge in [-0.2, -0.15) is 0 Å². The standard InChI is InChI=1S/C18H22N2OS/c1-18(2,3)15-10-5-6-11-16(15)20-17(22)19-13-8-7-9-14(12-13)21-4/h5-12H,1-4H3,(H2,19,20,22). The third kappa shape index (κ3) is 4.21. The summed E-state index contributed by atoms with van der Waals surface area (Å²) in [5.41, 5.74) is 3.19. The molecule has 0 radical (unpaired) electrons. The van der Waals surface area contributed by atoms with Crippen LogP contribution in [0, 0.1) is 0 Å². The molecule has 2 rings (SSSR count). The summed E-state index contributed by atoms with van der Waals surface area (Å²) < 4.78 is 5.21. The molecule has 0 fully saturated rings. The lowest BCUT2D eigenvalue weighted by molar-refractivity contribution is 0.415. The molecule has 116 valence electrons. The van der Waals surface area contributed by atoms with Crippen LogP contribution in [-0.4, -0.2) is 12.2 Å². The van der Waals surface area contributed by atoms with Crippen molar-refractivity contribution in [2.75, 3.05) is 17.7 Å². The van der Waals surface area contributed by atoms with Crippen LogP contribution in [0.4, 0.5) is 11.4 Å². The molecule has 2 N–H and O–H groups in total. The van der Waals surface area contributed by atoms with Gasteiger partial charge in [0.25, 0.3) is 0 Å². The monoisotopic (exact) mass is 314 g/mol. The Hall–Kier alpha value is -2.07. The first-order valence-corrected chi connectivity index (χ1v) is 7.62. The Kier molecular flexibility index (Phi) is 5.03. The first-order valence-electron chi connectivity index (χ1n) is 7.22. The molecule has 0 saturated heterocycles. The normalized spacial score (nSPS) is 10.9. The zero-order chi connectivity index (χ0) is 16.2. The minimum atomic E-state index is 0.0508. The van der Waals surface area contributed by atoms with E-state index in [1.54, 1.807) is 7.11 Å². The molecule has 0 aromatic heterocycles. The number of methoxy groups -OCH3 is 1. The summed E-state index contributed by atoms with van der Waals surface area (Å²) in [6.07, 6.45) is 0. The van der Waals surface area contributed by atoms with E-state index in [2.05, 4.69) is 37.5 Å². The summed E-state index contributed by atoms with van der Waals surface area (Å²) >= 11 is 5.42. The predicted molar refractivity (Wildman–Crippen MR) is 98.0 cm³/mol. The summed E-state index contributed by atoms with van der Waals surface area (Å²) in [4.78, 5) is 0. The molecule has 0 unspecified atom stereocenters. The van der Waals surface area contributed by atoms with Crippen LogP contribution in [0.5, 0.6) is 5.75 Å². The lowest BCUT2D eigenvalue weighted by Gasteiger charge is -2.23. The van der Waals surface area contributed by atoms with Crippen molar-refractivity contribution in [2.24, 2.45) is 0 Å². The van der Waals surface area contributed by atoms with Crippen molar-refractivity contribution in [3.05, 3.63) is 54.1 Å². The Morgan fingerprint density at radius 1 is 1.00 bits per heavy atom. The van der Waals surface area contributed by atoms with Gasteiger partial charge in [-0.25, -0.2) is 0 Å². The molecule has 3 nitrogen and oxygen atoms in total. The van der Waals surface area contributed by atoms with E-state index in [9.17, 15) is 0 Å². The minimum Gasteiger partial charge on any atom is -0.497 e. The molecule has 4 heteroatoms. The minimum absolute atomic E-state index is 0.0508. The van der Waals surface area contributed by atoms with Gasteiger partial charge in [-0.3, -0.25) is 0 Å². The average Bonchev–Trinajstić information content (AvgIpc) is 2.46. The lowest BCUT2D eigenvalue weighted by atomic mass is 9.86. The van der Waals surface area contributed by atoms with Gasteiger partial charge in [0.05, 0.1) is 7.11 Å². The van der Waals surface area contributed by atoms with Crippen LogP contribution in [0.1, 0.15) is 26.3 Å². The van der Waals surface area contributed by atoms with Crippen molar-refractivity contribution in [1.29, 1.82) is 0 Å². The third-order valence-corrected chi connectivity index (χ3v) is 3.52. The number of benzene rings is 2. The van der Waals surface area contributed by atoms with Gasteiger partial charge in [-0.05, 0) is 41.4 Å². The van der Waals surface area contributed by atoms with E-state index in [1.807, 2.05) is 42.5 Å². The molecule has 0 heterocycles. The number of rotatable bonds is 3. The van der Waals surface area contributed by atoms with Gasteiger partial charge in [0.1, 0.15) is 5.75 Å². The van der Waals surface area contributed by atoms with Crippen molar-refractivity contribution in [1.82, 2.24) is 0 Å². The van der Waals surface area contributed by atoms with Gasteiger partial charge in [-0.15, -0.1) is 0 Å². The van der Waals surface area contributed by atoms with Crippen LogP contribution in [0.25, 0.3) is 0 Å². The van der Waals surface area contributed by atoms with Crippen LogP contribution in [-0.2, 0) is 5.41 Å². The topological polar surface area (TPSA) is 33.3 Å². The average molecular weight is 314 g/mol. The van der Waals surface area contributed by atoms with Gasteiger partial charge in [0.2, 0.25) is 0 Å². The molecule has 0 spiro atoms. The van der Waals surface area contributed by atoms with Crippen LogP contribution < -0.4 is 15.4 Å². The van der Waals surface area contributed by atoms with E-state index in [0.717, 1.165) is 17.1 Å². The zero-order valence-electron chi connectivity index (χ0n) is 13.4. The van der Waals surface area contributed by atoms with Gasteiger partial charge in [-0.1, -0.05) is 45.0 Å². The molecular formula is C18H22N2OS. The first-order chi connectivity index (χ1) is 10.4. The van der Waals surface area contributed by atoms with Crippen molar-refractivity contribution in [3.63, 3.8) is 0 Å². The highest BCUT2D eigenvalue weighted by atomic mass is 32.1. The van der Waals surface area contributed by atoms with E-state index >= 15 is 0 Å². The number of nitrogens with one attached hydrogen (secondary N) is 2. The van der Waals surface area contributed by atoms with E-state index in [1.165, 1.54) is 5.56 Å². The molecule has 0 aliphatic carbocycles. The van der Waals surface area contributed by atoms with Gasteiger partial charge >= 0.3 is 0 Å². The Morgan fingerprint density at radius 2 is 1.73 bits per heavy atom. The molecule has 22 heavy (non-hydrogen) atoms. The molecule has 0 bridgehead atoms. The number of para-hydroxylation sites is 1. The number of hydrogen-bond donors (Lipinski definition) is 2. The van der Waals surface area contributed by atoms with Crippen molar-refractivity contribution < 1.29 is 4.74 Å². The van der Waals surface area contributed by atoms with Gasteiger partial charge in [0.15, 0.2) is 5.11 Å². The Balaban J connectivity index is 2.13. The maximum atomic E-state index is 5.42. The highest BCUT2D eigenvalue weighted by Crippen LogP contribution is 2.29. The highest BCUT2D eigenvalue weighted by molar-refractivity contribution is 7.80. The second-order valence-electron chi connectivity index (χ2n) is 6.11. The van der Waals surface area contributed by atoms with Crippen LogP contribution in [0.3, 0.4) is 0 Å². The second kappa shape index (κ2) is 6.79. The Labute approximate surface area is 137 Å². The molecule has 0 atom stereocenters. The van der Waals surface area contributed by atoms with Crippen LogP contribution in [0.2, 0.25) is 0 Å². The number of thiocarbonyl (C=S) groups is 1. The largest absolute Gasteiger partial charge is 0.497 e. The molecule has 2 aromatic carbocycles. The molecule has 0 saturated carbocycles. The number of anilines is 2. The van der Waals surface area contributed by atoms with E-state index in [4.69, 9.17) is 17.0 Å². The van der Waals surface area contributed by atoms with Crippen molar-refractivity contribution in [3.8, 4) is 5.75 Å².